The zero-order valence-electron chi connectivity index (χ0n) is 13.9. The molecule has 1 unspecified atom stereocenters. The molecule has 3 N–H and O–H groups in total. The van der Waals surface area contributed by atoms with Gasteiger partial charge < -0.3 is 15.8 Å². The average molecular weight is 348 g/mol. The Hall–Kier alpha value is -2.68. The second-order valence-corrected chi connectivity index (χ2v) is 6.62. The number of hydrogen-bond acceptors (Lipinski definition) is 6. The van der Waals surface area contributed by atoms with Crippen LogP contribution in [-0.4, -0.2) is 42.0 Å². The predicted molar refractivity (Wildman–Crippen MR) is 89.3 cm³/mol. The summed E-state index contributed by atoms with van der Waals surface area (Å²) in [7, 11) is 0. The number of carbonyl (C=O) groups is 2. The van der Waals surface area contributed by atoms with Crippen LogP contribution >= 0.6 is 0 Å². The monoisotopic (exact) mass is 348 g/mol. The number of hydrogen-bond donors (Lipinski definition) is 2. The van der Waals surface area contributed by atoms with Crippen LogP contribution < -0.4 is 20.7 Å². The van der Waals surface area contributed by atoms with Gasteiger partial charge in [0.05, 0.1) is 16.1 Å². The molecule has 1 aliphatic heterocycles. The fourth-order valence-corrected chi connectivity index (χ4v) is 3.02. The maximum Gasteiger partial charge on any atom is 0.271 e. The fraction of sp³-hybridized carbons (Fsp3) is 0.500. The summed E-state index contributed by atoms with van der Waals surface area (Å²) in [5.41, 5.74) is 5.34. The Morgan fingerprint density at radius 2 is 2.24 bits per heavy atom. The predicted octanol–water partition coefficient (Wildman–Crippen LogP) is 0.564. The number of nitro benzene ring substituents is 1. The lowest BCUT2D eigenvalue weighted by Crippen LogP contribution is -2.56. The highest BCUT2D eigenvalue weighted by molar-refractivity contribution is 6.02. The van der Waals surface area contributed by atoms with E-state index in [9.17, 15) is 19.7 Å². The van der Waals surface area contributed by atoms with E-state index in [-0.39, 0.29) is 30.4 Å². The van der Waals surface area contributed by atoms with Crippen LogP contribution in [0.4, 0.5) is 11.4 Å². The number of amides is 2. The van der Waals surface area contributed by atoms with Crippen molar-refractivity contribution >= 4 is 23.2 Å². The number of benzene rings is 1. The van der Waals surface area contributed by atoms with Crippen molar-refractivity contribution in [1.29, 1.82) is 0 Å². The van der Waals surface area contributed by atoms with Gasteiger partial charge in [-0.2, -0.15) is 0 Å². The number of anilines is 1. The van der Waals surface area contributed by atoms with Crippen LogP contribution in [-0.2, 0) is 9.59 Å². The van der Waals surface area contributed by atoms with Gasteiger partial charge in [0.25, 0.3) is 11.6 Å². The Bertz CT molecular complexity index is 733. The molecule has 1 aromatic rings. The summed E-state index contributed by atoms with van der Waals surface area (Å²) in [6.45, 7) is 1.75. The van der Waals surface area contributed by atoms with Crippen molar-refractivity contribution in [3.05, 3.63) is 28.3 Å². The molecule has 2 aliphatic rings. The van der Waals surface area contributed by atoms with E-state index in [1.807, 2.05) is 6.92 Å². The number of ether oxygens (including phenoxy) is 1. The van der Waals surface area contributed by atoms with E-state index in [1.54, 1.807) is 0 Å². The quantitative estimate of drug-likeness (QED) is 0.571. The van der Waals surface area contributed by atoms with Crippen LogP contribution in [0.5, 0.6) is 5.75 Å². The Labute approximate surface area is 144 Å². The van der Waals surface area contributed by atoms with Gasteiger partial charge in [-0.1, -0.05) is 0 Å². The maximum absolute atomic E-state index is 12.5. The van der Waals surface area contributed by atoms with Gasteiger partial charge >= 0.3 is 0 Å². The van der Waals surface area contributed by atoms with Gasteiger partial charge in [0.2, 0.25) is 5.91 Å². The summed E-state index contributed by atoms with van der Waals surface area (Å²) in [5.74, 6) is -0.103. The largest absolute Gasteiger partial charge is 0.482 e. The topological polar surface area (TPSA) is 128 Å². The first kappa shape index (κ1) is 17.2. The summed E-state index contributed by atoms with van der Waals surface area (Å²) < 4.78 is 5.29. The van der Waals surface area contributed by atoms with Crippen LogP contribution in [0.25, 0.3) is 0 Å². The molecule has 0 saturated heterocycles. The Kier molecular flexibility index (Phi) is 4.34. The van der Waals surface area contributed by atoms with Crippen LogP contribution in [0, 0.1) is 16.0 Å². The zero-order chi connectivity index (χ0) is 18.2. The smallest absolute Gasteiger partial charge is 0.271 e. The van der Waals surface area contributed by atoms with E-state index >= 15 is 0 Å². The van der Waals surface area contributed by atoms with Crippen LogP contribution in [0.1, 0.15) is 19.8 Å². The van der Waals surface area contributed by atoms with Crippen molar-refractivity contribution in [3.63, 3.8) is 0 Å². The standard InChI is InChI=1S/C16H20N4O5/c1-16(9-17,10-2-3-10)18-14(21)7-19-12-6-11(20(23)24)4-5-13(12)25-8-15(19)22/h4-6,10H,2-3,7-9,17H2,1H3,(H,18,21). The third-order valence-electron chi connectivity index (χ3n) is 4.73. The summed E-state index contributed by atoms with van der Waals surface area (Å²) >= 11 is 0. The fourth-order valence-electron chi connectivity index (χ4n) is 3.02. The summed E-state index contributed by atoms with van der Waals surface area (Å²) in [5, 5.41) is 13.9. The lowest BCUT2D eigenvalue weighted by Gasteiger charge is -2.32. The van der Waals surface area contributed by atoms with Crippen molar-refractivity contribution in [2.24, 2.45) is 11.7 Å². The molecule has 9 nitrogen and oxygen atoms in total. The first-order chi connectivity index (χ1) is 11.8. The van der Waals surface area contributed by atoms with E-state index in [4.69, 9.17) is 10.5 Å². The average Bonchev–Trinajstić information content (AvgIpc) is 3.42. The molecule has 1 fully saturated rings. The molecule has 0 aromatic heterocycles. The Morgan fingerprint density at radius 3 is 2.84 bits per heavy atom. The van der Waals surface area contributed by atoms with Gasteiger partial charge in [0.15, 0.2) is 6.61 Å². The van der Waals surface area contributed by atoms with E-state index in [0.29, 0.717) is 18.2 Å². The third-order valence-corrected chi connectivity index (χ3v) is 4.73. The molecule has 134 valence electrons. The molecular formula is C16H20N4O5. The molecule has 0 spiro atoms. The van der Waals surface area contributed by atoms with E-state index in [2.05, 4.69) is 5.32 Å². The number of non-ortho nitro benzene ring substituents is 1. The van der Waals surface area contributed by atoms with Crippen molar-refractivity contribution in [3.8, 4) is 5.75 Å². The third kappa shape index (κ3) is 3.41. The number of nitrogens with one attached hydrogen (secondary N) is 1. The molecule has 0 radical (unpaired) electrons. The van der Waals surface area contributed by atoms with Gasteiger partial charge in [-0.25, -0.2) is 0 Å². The first-order valence-corrected chi connectivity index (χ1v) is 8.07. The zero-order valence-corrected chi connectivity index (χ0v) is 13.9. The minimum atomic E-state index is -0.559. The SMILES string of the molecule is CC(CN)(NC(=O)CN1C(=O)COc2ccc([N+](=O)[O-])cc21)C1CC1. The number of nitrogens with two attached hydrogens (primary N) is 1. The molecule has 1 saturated carbocycles. The second kappa shape index (κ2) is 6.32. The van der Waals surface area contributed by atoms with Gasteiger partial charge in [-0.3, -0.25) is 24.6 Å². The highest BCUT2D eigenvalue weighted by atomic mass is 16.6. The first-order valence-electron chi connectivity index (χ1n) is 8.07. The van der Waals surface area contributed by atoms with Crippen molar-refractivity contribution in [2.75, 3.05) is 24.6 Å². The highest BCUT2D eigenvalue weighted by Gasteiger charge is 2.42. The van der Waals surface area contributed by atoms with Gasteiger partial charge in [-0.05, 0) is 31.7 Å². The minimum Gasteiger partial charge on any atom is -0.482 e. The van der Waals surface area contributed by atoms with E-state index < -0.39 is 16.4 Å². The Morgan fingerprint density at radius 1 is 1.52 bits per heavy atom. The van der Waals surface area contributed by atoms with Crippen molar-refractivity contribution in [2.45, 2.75) is 25.3 Å². The molecule has 0 bridgehead atoms. The summed E-state index contributed by atoms with van der Waals surface area (Å²) in [6.07, 6.45) is 2.03. The number of nitrogens with zero attached hydrogens (tertiary/aromatic N) is 2. The molecule has 3 rings (SSSR count). The number of nitro groups is 1. The number of fused-ring (bicyclic) bond motifs is 1. The molecule has 1 atom stereocenters. The van der Waals surface area contributed by atoms with Gasteiger partial charge in [0.1, 0.15) is 12.3 Å². The highest BCUT2D eigenvalue weighted by Crippen LogP contribution is 2.39. The van der Waals surface area contributed by atoms with Gasteiger partial charge in [-0.15, -0.1) is 0 Å². The lowest BCUT2D eigenvalue weighted by molar-refractivity contribution is -0.384. The normalized spacial score (nSPS) is 18.8. The molecular weight excluding hydrogens is 328 g/mol. The molecule has 1 aliphatic carbocycles. The Balaban J connectivity index is 1.80. The molecule has 25 heavy (non-hydrogen) atoms. The molecule has 2 amide bonds. The minimum absolute atomic E-state index is 0.174. The second-order valence-electron chi connectivity index (χ2n) is 6.62. The lowest BCUT2D eigenvalue weighted by atomic mass is 9.96. The van der Waals surface area contributed by atoms with Crippen molar-refractivity contribution < 1.29 is 19.2 Å². The summed E-state index contributed by atoms with van der Waals surface area (Å²) in [4.78, 5) is 36.3. The van der Waals surface area contributed by atoms with E-state index in [1.165, 1.54) is 23.1 Å². The van der Waals surface area contributed by atoms with Crippen molar-refractivity contribution in [1.82, 2.24) is 5.32 Å². The number of carbonyl (C=O) groups excluding carboxylic acids is 2. The molecule has 9 heteroatoms. The summed E-state index contributed by atoms with van der Waals surface area (Å²) in [6, 6.07) is 3.97. The van der Waals surface area contributed by atoms with Crippen LogP contribution in [0.3, 0.4) is 0 Å². The molecule has 1 heterocycles. The van der Waals surface area contributed by atoms with Crippen LogP contribution in [0.2, 0.25) is 0 Å². The van der Waals surface area contributed by atoms with Crippen LogP contribution in [0.15, 0.2) is 18.2 Å². The van der Waals surface area contributed by atoms with E-state index in [0.717, 1.165) is 12.8 Å². The van der Waals surface area contributed by atoms with Gasteiger partial charge in [0, 0.05) is 18.7 Å². The maximum atomic E-state index is 12.5. The molecule has 1 aromatic carbocycles. The number of rotatable bonds is 6.